The second-order valence-electron chi connectivity index (χ2n) is 14.7. The number of amides is 2. The van der Waals surface area contributed by atoms with Gasteiger partial charge in [-0.2, -0.15) is 0 Å². The van der Waals surface area contributed by atoms with Gasteiger partial charge in [0.15, 0.2) is 11.5 Å². The molecule has 2 atom stereocenters. The zero-order chi connectivity index (χ0) is 38.2. The van der Waals surface area contributed by atoms with Gasteiger partial charge in [-0.25, -0.2) is 4.39 Å². The van der Waals surface area contributed by atoms with E-state index in [0.29, 0.717) is 52.1 Å². The quantitative estimate of drug-likeness (QED) is 0.109. The first-order valence-electron chi connectivity index (χ1n) is 18.3. The molecule has 0 saturated heterocycles. The Kier molecular flexibility index (Phi) is 14.2. The van der Waals surface area contributed by atoms with Crippen LogP contribution >= 0.6 is 24.0 Å². The summed E-state index contributed by atoms with van der Waals surface area (Å²) in [6, 6.07) is 31.9. The van der Waals surface area contributed by atoms with Crippen molar-refractivity contribution in [2.24, 2.45) is 5.41 Å². The minimum absolute atomic E-state index is 0. The van der Waals surface area contributed by atoms with Crippen molar-refractivity contribution in [1.82, 2.24) is 10.6 Å². The fraction of sp³-hybridized carbons (Fsp3) is 0.318. The van der Waals surface area contributed by atoms with Crippen molar-refractivity contribution < 1.29 is 28.2 Å². The first-order valence-corrected chi connectivity index (χ1v) is 18.6. The molecule has 0 spiro atoms. The summed E-state index contributed by atoms with van der Waals surface area (Å²) in [5, 5.41) is 9.21. The highest BCUT2D eigenvalue weighted by Crippen LogP contribution is 2.45. The lowest BCUT2D eigenvalue weighted by molar-refractivity contribution is -0.138. The molecule has 290 valence electrons. The Labute approximate surface area is 333 Å². The molecule has 0 fully saturated rings. The molecule has 1 aliphatic heterocycles. The van der Waals surface area contributed by atoms with Crippen LogP contribution in [0.25, 0.3) is 10.8 Å². The second kappa shape index (κ2) is 18.8. The van der Waals surface area contributed by atoms with Crippen molar-refractivity contribution in [3.8, 4) is 11.5 Å². The van der Waals surface area contributed by atoms with E-state index < -0.39 is 23.9 Å². The molecular formula is C44H48Cl2FN3O5. The summed E-state index contributed by atoms with van der Waals surface area (Å²) < 4.78 is 33.3. The second-order valence-corrected chi connectivity index (χ2v) is 15.1. The lowest BCUT2D eigenvalue weighted by Crippen LogP contribution is -2.45. The Hall–Kier alpha value is -4.67. The van der Waals surface area contributed by atoms with Crippen LogP contribution in [0.5, 0.6) is 11.5 Å². The van der Waals surface area contributed by atoms with Crippen LogP contribution in [0, 0.1) is 11.2 Å². The molecule has 5 aromatic rings. The van der Waals surface area contributed by atoms with E-state index in [1.54, 1.807) is 42.3 Å². The van der Waals surface area contributed by atoms with Crippen LogP contribution in [0.1, 0.15) is 62.0 Å². The molecule has 6 rings (SSSR count). The number of hydrogen-bond acceptors (Lipinski definition) is 6. The highest BCUT2D eigenvalue weighted by atomic mass is 35.5. The first kappa shape index (κ1) is 41.5. The van der Waals surface area contributed by atoms with Gasteiger partial charge in [-0.15, -0.1) is 12.4 Å². The lowest BCUT2D eigenvalue weighted by atomic mass is 9.94. The number of fused-ring (bicyclic) bond motifs is 2. The normalized spacial score (nSPS) is 15.5. The Morgan fingerprint density at radius 3 is 2.42 bits per heavy atom. The maximum Gasteiger partial charge on any atom is 0.256 e. The van der Waals surface area contributed by atoms with Crippen LogP contribution in [0.4, 0.5) is 10.1 Å². The first-order chi connectivity index (χ1) is 26.0. The molecule has 55 heavy (non-hydrogen) atoms. The molecule has 0 aliphatic carbocycles. The van der Waals surface area contributed by atoms with Gasteiger partial charge in [-0.05, 0) is 65.0 Å². The van der Waals surface area contributed by atoms with Gasteiger partial charge >= 0.3 is 0 Å². The minimum atomic E-state index is -1.17. The molecule has 0 radical (unpaired) electrons. The largest absolute Gasteiger partial charge is 0.492 e. The van der Waals surface area contributed by atoms with Crippen LogP contribution in [-0.4, -0.2) is 44.7 Å². The van der Waals surface area contributed by atoms with Gasteiger partial charge in [0.1, 0.15) is 18.0 Å². The highest BCUT2D eigenvalue weighted by Gasteiger charge is 2.40. The van der Waals surface area contributed by atoms with Gasteiger partial charge in [-0.3, -0.25) is 9.59 Å². The number of nitrogens with zero attached hydrogens (tertiary/aromatic N) is 1. The maximum atomic E-state index is 14.4. The van der Waals surface area contributed by atoms with E-state index in [4.69, 9.17) is 25.8 Å². The number of anilines is 1. The topological polar surface area (TPSA) is 89.1 Å². The summed E-state index contributed by atoms with van der Waals surface area (Å²) in [6.07, 6.45) is -1.56. The summed E-state index contributed by atoms with van der Waals surface area (Å²) in [5.41, 5.74) is 3.20. The number of halogens is 3. The van der Waals surface area contributed by atoms with E-state index >= 15 is 0 Å². The molecule has 2 amide bonds. The number of methoxy groups -OCH3 is 1. The van der Waals surface area contributed by atoms with Gasteiger partial charge in [0.25, 0.3) is 5.91 Å². The van der Waals surface area contributed by atoms with Gasteiger partial charge in [0.05, 0.1) is 20.1 Å². The van der Waals surface area contributed by atoms with Crippen molar-refractivity contribution in [3.63, 3.8) is 0 Å². The van der Waals surface area contributed by atoms with Gasteiger partial charge < -0.3 is 29.7 Å². The van der Waals surface area contributed by atoms with E-state index in [-0.39, 0.29) is 36.7 Å². The van der Waals surface area contributed by atoms with Crippen LogP contribution < -0.4 is 25.0 Å². The minimum Gasteiger partial charge on any atom is -0.492 e. The third-order valence-corrected chi connectivity index (χ3v) is 9.52. The van der Waals surface area contributed by atoms with E-state index in [1.165, 1.54) is 22.4 Å². The average molecular weight is 789 g/mol. The molecule has 0 bridgehead atoms. The number of carbonyl (C=O) groups is 2. The zero-order valence-electron chi connectivity index (χ0n) is 31.6. The molecule has 5 aromatic carbocycles. The molecule has 0 aromatic heterocycles. The molecule has 1 heterocycles. The Bertz CT molecular complexity index is 2100. The molecule has 8 nitrogen and oxygen atoms in total. The predicted octanol–water partition coefficient (Wildman–Crippen LogP) is 9.20. The number of para-hydroxylation sites is 1. The zero-order valence-corrected chi connectivity index (χ0v) is 33.1. The summed E-state index contributed by atoms with van der Waals surface area (Å²) in [5.74, 6) is -0.253. The Balaban J connectivity index is 0.00000580. The van der Waals surface area contributed by atoms with Gasteiger partial charge in [0.2, 0.25) is 5.91 Å². The molecule has 0 unspecified atom stereocenters. The van der Waals surface area contributed by atoms with E-state index in [0.717, 1.165) is 19.5 Å². The smallest absolute Gasteiger partial charge is 0.256 e. The van der Waals surface area contributed by atoms with E-state index in [9.17, 15) is 14.0 Å². The maximum absolute atomic E-state index is 14.4. The Morgan fingerprint density at radius 2 is 1.64 bits per heavy atom. The Morgan fingerprint density at radius 1 is 0.909 bits per heavy atom. The highest BCUT2D eigenvalue weighted by molar-refractivity contribution is 6.30. The fourth-order valence-electron chi connectivity index (χ4n) is 6.78. The molecule has 0 saturated carbocycles. The average Bonchev–Trinajstić information content (AvgIpc) is 3.25. The third kappa shape index (κ3) is 10.3. The summed E-state index contributed by atoms with van der Waals surface area (Å²) in [7, 11) is 1.57. The number of nitrogens with one attached hydrogen (secondary N) is 2. The van der Waals surface area contributed by atoms with Crippen molar-refractivity contribution in [2.75, 3.05) is 31.7 Å². The fourth-order valence-corrected chi connectivity index (χ4v) is 6.96. The van der Waals surface area contributed by atoms with Gasteiger partial charge in [0, 0.05) is 47.0 Å². The standard InChI is InChI=1S/C44H47ClFN3O5.ClH/c1-44(2,3)28-49-37-21-20-32(45)24-35(37)41(54-39(43(49)51)25-40(50)48-27-31-13-6-8-18-36(31)46)34-17-10-19-38(42(34)52-4)53-23-11-22-47-26-30-15-9-14-29-12-5-7-16-33(29)30;/h5-10,12-21,24,39,41,47H,11,22-23,25-28H2,1-4H3,(H,48,50);1H/t39-,41-;/m0./s1. The number of hydrogen-bond donors (Lipinski definition) is 2. The van der Waals surface area contributed by atoms with E-state index in [1.807, 2.05) is 51.1 Å². The van der Waals surface area contributed by atoms with Crippen molar-refractivity contribution in [3.05, 3.63) is 136 Å². The van der Waals surface area contributed by atoms with Crippen LogP contribution in [0.2, 0.25) is 5.02 Å². The predicted molar refractivity (Wildman–Crippen MR) is 219 cm³/mol. The summed E-state index contributed by atoms with van der Waals surface area (Å²) >= 11 is 6.60. The molecule has 11 heteroatoms. The van der Waals surface area contributed by atoms with Crippen LogP contribution in [0.3, 0.4) is 0 Å². The third-order valence-electron chi connectivity index (χ3n) is 9.29. The number of ether oxygens (including phenoxy) is 3. The molecule has 1 aliphatic rings. The van der Waals surface area contributed by atoms with Crippen LogP contribution in [-0.2, 0) is 27.4 Å². The SMILES string of the molecule is COc1c(OCCCNCc2cccc3ccccc23)cccc1[C@@H]1O[C@@H](CC(=O)NCc2ccccc2F)C(=O)N(CC(C)(C)C)c2ccc(Cl)cc21.Cl. The monoisotopic (exact) mass is 787 g/mol. The number of carbonyl (C=O) groups excluding carboxylic acids is 2. The van der Waals surface area contributed by atoms with Crippen LogP contribution in [0.15, 0.2) is 103 Å². The van der Waals surface area contributed by atoms with Crippen molar-refractivity contribution >= 4 is 52.3 Å². The van der Waals surface area contributed by atoms with Gasteiger partial charge in [-0.1, -0.05) is 105 Å². The number of rotatable bonds is 14. The van der Waals surface area contributed by atoms with Crippen molar-refractivity contribution in [1.29, 1.82) is 0 Å². The molecular weight excluding hydrogens is 740 g/mol. The lowest BCUT2D eigenvalue weighted by Gasteiger charge is -2.31. The molecule has 2 N–H and O–H groups in total. The summed E-state index contributed by atoms with van der Waals surface area (Å²) in [6.45, 7) is 8.37. The summed E-state index contributed by atoms with van der Waals surface area (Å²) in [4.78, 5) is 29.4. The number of benzene rings is 5. The van der Waals surface area contributed by atoms with Crippen molar-refractivity contribution in [2.45, 2.75) is 58.9 Å². The van der Waals surface area contributed by atoms with E-state index in [2.05, 4.69) is 47.0 Å².